The first-order chi connectivity index (χ1) is 13.8. The van der Waals surface area contributed by atoms with Crippen molar-refractivity contribution in [3.8, 4) is 0 Å². The summed E-state index contributed by atoms with van der Waals surface area (Å²) in [6.07, 6.45) is 0. The summed E-state index contributed by atoms with van der Waals surface area (Å²) in [7, 11) is 0. The van der Waals surface area contributed by atoms with Crippen LogP contribution >= 0.6 is 11.5 Å². The van der Waals surface area contributed by atoms with Crippen molar-refractivity contribution in [2.24, 2.45) is 0 Å². The summed E-state index contributed by atoms with van der Waals surface area (Å²) in [6.45, 7) is 7.72. The number of aromatic nitrogens is 2. The SMILES string of the molecule is Cc1ccc([C@@H](C(=O)NC(C)(C)C)N(C(=O)c2csnn2)c2ccccc2)cc1. The van der Waals surface area contributed by atoms with Gasteiger partial charge in [-0.25, -0.2) is 0 Å². The molecule has 6 nitrogen and oxygen atoms in total. The number of hydrogen-bond acceptors (Lipinski definition) is 5. The van der Waals surface area contributed by atoms with E-state index in [2.05, 4.69) is 14.9 Å². The summed E-state index contributed by atoms with van der Waals surface area (Å²) < 4.78 is 3.81. The number of benzene rings is 2. The molecule has 150 valence electrons. The fraction of sp³-hybridized carbons (Fsp3) is 0.273. The van der Waals surface area contributed by atoms with E-state index in [0.29, 0.717) is 5.69 Å². The van der Waals surface area contributed by atoms with Crippen LogP contribution in [0, 0.1) is 6.92 Å². The van der Waals surface area contributed by atoms with Crippen LogP contribution in [0.4, 0.5) is 5.69 Å². The van der Waals surface area contributed by atoms with Crippen molar-refractivity contribution in [1.29, 1.82) is 0 Å². The van der Waals surface area contributed by atoms with Crippen LogP contribution in [0.3, 0.4) is 0 Å². The molecule has 3 rings (SSSR count). The van der Waals surface area contributed by atoms with E-state index >= 15 is 0 Å². The molecule has 0 saturated carbocycles. The third kappa shape index (κ3) is 5.06. The minimum absolute atomic E-state index is 0.208. The van der Waals surface area contributed by atoms with Crippen molar-refractivity contribution < 1.29 is 9.59 Å². The molecule has 1 heterocycles. The van der Waals surface area contributed by atoms with E-state index in [4.69, 9.17) is 0 Å². The predicted octanol–water partition coefficient (Wildman–Crippen LogP) is 4.15. The molecule has 7 heteroatoms. The summed E-state index contributed by atoms with van der Waals surface area (Å²) in [6, 6.07) is 15.9. The fourth-order valence-electron chi connectivity index (χ4n) is 2.96. The number of anilines is 1. The molecule has 0 unspecified atom stereocenters. The van der Waals surface area contributed by atoms with Crippen molar-refractivity contribution in [3.63, 3.8) is 0 Å². The lowest BCUT2D eigenvalue weighted by Crippen LogP contribution is -2.49. The first-order valence-electron chi connectivity index (χ1n) is 9.30. The minimum atomic E-state index is -0.855. The Hall–Kier alpha value is -3.06. The van der Waals surface area contributed by atoms with Crippen LogP contribution in [0.2, 0.25) is 0 Å². The molecular formula is C22H24N4O2S. The monoisotopic (exact) mass is 408 g/mol. The molecule has 0 fully saturated rings. The molecular weight excluding hydrogens is 384 g/mol. The average Bonchev–Trinajstić information content (AvgIpc) is 3.20. The van der Waals surface area contributed by atoms with Gasteiger partial charge in [-0.05, 0) is 56.9 Å². The van der Waals surface area contributed by atoms with Crippen LogP contribution in [0.15, 0.2) is 60.0 Å². The Labute approximate surface area is 174 Å². The Balaban J connectivity index is 2.15. The van der Waals surface area contributed by atoms with E-state index in [1.807, 2.05) is 82.3 Å². The third-order valence-electron chi connectivity index (χ3n) is 4.23. The van der Waals surface area contributed by atoms with Crippen LogP contribution in [0.25, 0.3) is 0 Å². The van der Waals surface area contributed by atoms with E-state index in [1.54, 1.807) is 5.38 Å². The zero-order chi connectivity index (χ0) is 21.0. The van der Waals surface area contributed by atoms with Crippen LogP contribution in [0.5, 0.6) is 0 Å². The summed E-state index contributed by atoms with van der Waals surface area (Å²) in [5.41, 5.74) is 2.16. The molecule has 0 aliphatic carbocycles. The lowest BCUT2D eigenvalue weighted by Gasteiger charge is -2.33. The highest BCUT2D eigenvalue weighted by Crippen LogP contribution is 2.30. The number of carbonyl (C=O) groups excluding carboxylic acids is 2. The van der Waals surface area contributed by atoms with Crippen molar-refractivity contribution in [2.75, 3.05) is 4.90 Å². The first kappa shape index (κ1) is 20.7. The van der Waals surface area contributed by atoms with Gasteiger partial charge in [0.25, 0.3) is 5.91 Å². The van der Waals surface area contributed by atoms with Crippen LogP contribution < -0.4 is 10.2 Å². The Morgan fingerprint density at radius 2 is 1.69 bits per heavy atom. The number of aryl methyl sites for hydroxylation is 1. The molecule has 0 aliphatic rings. The second-order valence-electron chi connectivity index (χ2n) is 7.85. The smallest absolute Gasteiger partial charge is 0.280 e. The molecule has 0 bridgehead atoms. The number of hydrogen-bond donors (Lipinski definition) is 1. The van der Waals surface area contributed by atoms with Gasteiger partial charge >= 0.3 is 0 Å². The molecule has 0 radical (unpaired) electrons. The quantitative estimate of drug-likeness (QED) is 0.688. The topological polar surface area (TPSA) is 75.2 Å². The summed E-state index contributed by atoms with van der Waals surface area (Å²) in [4.78, 5) is 28.3. The van der Waals surface area contributed by atoms with Gasteiger partial charge in [-0.1, -0.05) is 52.5 Å². The largest absolute Gasteiger partial charge is 0.349 e. The van der Waals surface area contributed by atoms with Gasteiger partial charge in [0.15, 0.2) is 5.69 Å². The number of nitrogens with one attached hydrogen (secondary N) is 1. The zero-order valence-electron chi connectivity index (χ0n) is 16.9. The second-order valence-corrected chi connectivity index (χ2v) is 8.46. The van der Waals surface area contributed by atoms with Gasteiger partial charge in [-0.15, -0.1) is 5.10 Å². The van der Waals surface area contributed by atoms with E-state index in [0.717, 1.165) is 22.7 Å². The predicted molar refractivity (Wildman–Crippen MR) is 115 cm³/mol. The van der Waals surface area contributed by atoms with Crippen molar-refractivity contribution >= 4 is 29.0 Å². The standard InChI is InChI=1S/C22H24N4O2S/c1-15-10-12-16(13-11-15)19(20(27)23-22(2,3)4)26(17-8-6-5-7-9-17)21(28)18-14-29-25-24-18/h5-14,19H,1-4H3,(H,23,27)/t19-/m0/s1. The van der Waals surface area contributed by atoms with Gasteiger partial charge in [0.05, 0.1) is 0 Å². The molecule has 1 N–H and O–H groups in total. The lowest BCUT2D eigenvalue weighted by molar-refractivity contribution is -0.123. The van der Waals surface area contributed by atoms with Crippen LogP contribution in [-0.4, -0.2) is 26.9 Å². The van der Waals surface area contributed by atoms with Crippen molar-refractivity contribution in [2.45, 2.75) is 39.3 Å². The highest BCUT2D eigenvalue weighted by molar-refractivity contribution is 7.03. The number of amides is 2. The van der Waals surface area contributed by atoms with Gasteiger partial charge < -0.3 is 5.32 Å². The Morgan fingerprint density at radius 1 is 1.03 bits per heavy atom. The normalized spacial score (nSPS) is 12.3. The van der Waals surface area contributed by atoms with Crippen molar-refractivity contribution in [1.82, 2.24) is 14.9 Å². The minimum Gasteiger partial charge on any atom is -0.349 e. The molecule has 0 spiro atoms. The van der Waals surface area contributed by atoms with Gasteiger partial charge in [-0.2, -0.15) is 0 Å². The summed E-state index contributed by atoms with van der Waals surface area (Å²) >= 11 is 1.10. The van der Waals surface area contributed by atoms with E-state index in [1.165, 1.54) is 4.90 Å². The molecule has 0 saturated heterocycles. The van der Waals surface area contributed by atoms with E-state index in [-0.39, 0.29) is 17.5 Å². The maximum absolute atomic E-state index is 13.4. The molecule has 0 aliphatic heterocycles. The molecule has 2 aromatic carbocycles. The van der Waals surface area contributed by atoms with Gasteiger partial charge in [0.2, 0.25) is 5.91 Å². The van der Waals surface area contributed by atoms with Gasteiger partial charge in [-0.3, -0.25) is 14.5 Å². The highest BCUT2D eigenvalue weighted by atomic mass is 32.1. The van der Waals surface area contributed by atoms with Gasteiger partial charge in [0.1, 0.15) is 6.04 Å². The first-order valence-corrected chi connectivity index (χ1v) is 10.1. The van der Waals surface area contributed by atoms with E-state index in [9.17, 15) is 9.59 Å². The Kier molecular flexibility index (Phi) is 6.08. The Morgan fingerprint density at radius 3 is 2.24 bits per heavy atom. The zero-order valence-corrected chi connectivity index (χ0v) is 17.7. The van der Waals surface area contributed by atoms with Crippen LogP contribution in [0.1, 0.15) is 48.4 Å². The Bertz CT molecular complexity index is 964. The summed E-state index contributed by atoms with van der Waals surface area (Å²) in [5.74, 6) is -0.638. The number of carbonyl (C=O) groups is 2. The molecule has 29 heavy (non-hydrogen) atoms. The van der Waals surface area contributed by atoms with Gasteiger partial charge in [0, 0.05) is 16.6 Å². The van der Waals surface area contributed by atoms with Crippen molar-refractivity contribution in [3.05, 3.63) is 76.8 Å². The molecule has 3 aromatic rings. The molecule has 1 atom stereocenters. The second kappa shape index (κ2) is 8.53. The number of nitrogens with zero attached hydrogens (tertiary/aromatic N) is 3. The average molecular weight is 409 g/mol. The lowest BCUT2D eigenvalue weighted by atomic mass is 9.99. The number of rotatable bonds is 5. The summed E-state index contributed by atoms with van der Waals surface area (Å²) in [5, 5.41) is 8.54. The third-order valence-corrected chi connectivity index (χ3v) is 4.73. The van der Waals surface area contributed by atoms with E-state index < -0.39 is 11.6 Å². The molecule has 1 aromatic heterocycles. The maximum Gasteiger partial charge on any atom is 0.280 e. The number of para-hydroxylation sites is 1. The maximum atomic E-state index is 13.4. The molecule has 2 amide bonds. The highest BCUT2D eigenvalue weighted by Gasteiger charge is 2.35. The van der Waals surface area contributed by atoms with Crippen LogP contribution in [-0.2, 0) is 4.79 Å². The fourth-order valence-corrected chi connectivity index (χ4v) is 3.39.